The van der Waals surface area contributed by atoms with Gasteiger partial charge in [-0.15, -0.1) is 0 Å². The number of methoxy groups -OCH3 is 1. The smallest absolute Gasteiger partial charge is 0.325 e. The molecular formula is C20H22N2O4. The number of carbonyl (C=O) groups excluding carboxylic acids is 3. The van der Waals surface area contributed by atoms with Crippen LogP contribution < -0.4 is 5.32 Å². The summed E-state index contributed by atoms with van der Waals surface area (Å²) in [5.74, 6) is -0.986. The highest BCUT2D eigenvalue weighted by molar-refractivity contribution is 6.05. The summed E-state index contributed by atoms with van der Waals surface area (Å²) < 4.78 is 4.49. The van der Waals surface area contributed by atoms with Crippen molar-refractivity contribution in [3.63, 3.8) is 0 Å². The van der Waals surface area contributed by atoms with Gasteiger partial charge in [-0.05, 0) is 29.7 Å². The number of amides is 3. The molecular weight excluding hydrogens is 332 g/mol. The lowest BCUT2D eigenvalue weighted by atomic mass is 10.0. The van der Waals surface area contributed by atoms with Crippen molar-refractivity contribution < 1.29 is 19.1 Å². The van der Waals surface area contributed by atoms with E-state index in [0.717, 1.165) is 16.0 Å². The van der Waals surface area contributed by atoms with E-state index in [4.69, 9.17) is 0 Å². The zero-order valence-electron chi connectivity index (χ0n) is 14.9. The van der Waals surface area contributed by atoms with Gasteiger partial charge in [0.2, 0.25) is 0 Å². The van der Waals surface area contributed by atoms with Crippen LogP contribution in [0.2, 0.25) is 0 Å². The Morgan fingerprint density at radius 1 is 1.00 bits per heavy atom. The lowest BCUT2D eigenvalue weighted by Crippen LogP contribution is -2.45. The van der Waals surface area contributed by atoms with Gasteiger partial charge in [0.05, 0.1) is 7.11 Å². The molecule has 0 aliphatic heterocycles. The standard InChI is InChI=1S/C20H22N2O4/c1-3-12-22(20(25)21-14-18(23)26-2)19(24)17-11-7-10-16(13-17)15-8-5-4-6-9-15/h4-11,13H,3,12,14H2,1-2H3,(H,21,25). The monoisotopic (exact) mass is 354 g/mol. The lowest BCUT2D eigenvalue weighted by molar-refractivity contribution is -0.139. The quantitative estimate of drug-likeness (QED) is 0.809. The highest BCUT2D eigenvalue weighted by atomic mass is 16.5. The number of nitrogens with zero attached hydrogens (tertiary/aromatic N) is 1. The van der Waals surface area contributed by atoms with E-state index < -0.39 is 17.9 Å². The Kier molecular flexibility index (Phi) is 6.91. The normalized spacial score (nSPS) is 10.1. The van der Waals surface area contributed by atoms with E-state index in [0.29, 0.717) is 12.0 Å². The summed E-state index contributed by atoms with van der Waals surface area (Å²) in [6, 6.07) is 16.2. The Balaban J connectivity index is 2.20. The van der Waals surface area contributed by atoms with Crippen LogP contribution in [0.25, 0.3) is 11.1 Å². The van der Waals surface area contributed by atoms with E-state index in [1.54, 1.807) is 18.2 Å². The van der Waals surface area contributed by atoms with Crippen LogP contribution >= 0.6 is 0 Å². The van der Waals surface area contributed by atoms with E-state index in [9.17, 15) is 14.4 Å². The number of hydrogen-bond donors (Lipinski definition) is 1. The molecule has 6 heteroatoms. The highest BCUT2D eigenvalue weighted by Gasteiger charge is 2.22. The van der Waals surface area contributed by atoms with Crippen molar-refractivity contribution >= 4 is 17.9 Å². The molecule has 136 valence electrons. The molecule has 0 aliphatic carbocycles. The SMILES string of the molecule is CCCN(C(=O)NCC(=O)OC)C(=O)c1cccc(-c2ccccc2)c1. The second-order valence-corrected chi connectivity index (χ2v) is 5.64. The number of esters is 1. The van der Waals surface area contributed by atoms with Crippen molar-refractivity contribution in [2.45, 2.75) is 13.3 Å². The average Bonchev–Trinajstić information content (AvgIpc) is 2.70. The van der Waals surface area contributed by atoms with Gasteiger partial charge in [-0.3, -0.25) is 14.5 Å². The Morgan fingerprint density at radius 2 is 1.69 bits per heavy atom. The average molecular weight is 354 g/mol. The number of rotatable bonds is 6. The first-order valence-electron chi connectivity index (χ1n) is 8.38. The minimum absolute atomic E-state index is 0.251. The van der Waals surface area contributed by atoms with Gasteiger partial charge in [-0.1, -0.05) is 49.4 Å². The van der Waals surface area contributed by atoms with Crippen molar-refractivity contribution in [2.24, 2.45) is 0 Å². The van der Waals surface area contributed by atoms with Crippen LogP contribution in [-0.4, -0.2) is 43.0 Å². The van der Waals surface area contributed by atoms with Gasteiger partial charge in [0.1, 0.15) is 6.54 Å². The molecule has 2 aromatic carbocycles. The fourth-order valence-electron chi connectivity index (χ4n) is 2.45. The summed E-state index contributed by atoms with van der Waals surface area (Å²) in [5.41, 5.74) is 2.29. The third kappa shape index (κ3) is 4.92. The zero-order chi connectivity index (χ0) is 18.9. The maximum atomic E-state index is 12.8. The molecule has 2 aromatic rings. The van der Waals surface area contributed by atoms with Gasteiger partial charge in [0.15, 0.2) is 0 Å². The van der Waals surface area contributed by atoms with Crippen LogP contribution in [0, 0.1) is 0 Å². The first-order valence-corrected chi connectivity index (χ1v) is 8.38. The minimum atomic E-state index is -0.618. The number of benzene rings is 2. The van der Waals surface area contributed by atoms with Crippen molar-refractivity contribution in [3.8, 4) is 11.1 Å². The third-order valence-corrected chi connectivity index (χ3v) is 3.77. The summed E-state index contributed by atoms with van der Waals surface area (Å²) in [5, 5.41) is 2.41. The molecule has 0 radical (unpaired) electrons. The summed E-state index contributed by atoms with van der Waals surface area (Å²) in [4.78, 5) is 37.4. The first kappa shape index (κ1) is 19.2. The maximum Gasteiger partial charge on any atom is 0.325 e. The van der Waals surface area contributed by atoms with E-state index in [2.05, 4.69) is 10.1 Å². The molecule has 26 heavy (non-hydrogen) atoms. The molecule has 6 nitrogen and oxygen atoms in total. The van der Waals surface area contributed by atoms with Crippen molar-refractivity contribution in [1.82, 2.24) is 10.2 Å². The summed E-state index contributed by atoms with van der Waals surface area (Å²) >= 11 is 0. The third-order valence-electron chi connectivity index (χ3n) is 3.77. The van der Waals surface area contributed by atoms with Gasteiger partial charge in [0, 0.05) is 12.1 Å². The molecule has 0 heterocycles. The Bertz CT molecular complexity index is 774. The fraction of sp³-hybridized carbons (Fsp3) is 0.250. The van der Waals surface area contributed by atoms with E-state index in [1.165, 1.54) is 7.11 Å². The molecule has 0 fully saturated rings. The molecule has 3 amide bonds. The number of nitrogens with one attached hydrogen (secondary N) is 1. The predicted molar refractivity (Wildman–Crippen MR) is 98.6 cm³/mol. The number of imide groups is 1. The van der Waals surface area contributed by atoms with Crippen LogP contribution in [0.15, 0.2) is 54.6 Å². The molecule has 0 saturated carbocycles. The summed E-state index contributed by atoms with van der Waals surface area (Å²) in [7, 11) is 1.23. The summed E-state index contributed by atoms with van der Waals surface area (Å²) in [6.45, 7) is 1.84. The topological polar surface area (TPSA) is 75.7 Å². The van der Waals surface area contributed by atoms with Crippen LogP contribution in [0.1, 0.15) is 23.7 Å². The van der Waals surface area contributed by atoms with Crippen molar-refractivity contribution in [1.29, 1.82) is 0 Å². The molecule has 0 saturated heterocycles. The largest absolute Gasteiger partial charge is 0.468 e. The van der Waals surface area contributed by atoms with Gasteiger partial charge < -0.3 is 10.1 Å². The van der Waals surface area contributed by atoms with Crippen LogP contribution in [-0.2, 0) is 9.53 Å². The molecule has 0 aliphatic rings. The van der Waals surface area contributed by atoms with E-state index in [1.807, 2.05) is 43.3 Å². The fourth-order valence-corrected chi connectivity index (χ4v) is 2.45. The molecule has 1 N–H and O–H groups in total. The molecule has 0 bridgehead atoms. The second-order valence-electron chi connectivity index (χ2n) is 5.64. The van der Waals surface area contributed by atoms with Gasteiger partial charge in [0.25, 0.3) is 5.91 Å². The Labute approximate surface area is 152 Å². The molecule has 0 aromatic heterocycles. The highest BCUT2D eigenvalue weighted by Crippen LogP contribution is 2.20. The van der Waals surface area contributed by atoms with Crippen LogP contribution in [0.5, 0.6) is 0 Å². The lowest BCUT2D eigenvalue weighted by Gasteiger charge is -2.21. The van der Waals surface area contributed by atoms with Crippen molar-refractivity contribution in [3.05, 3.63) is 60.2 Å². The summed E-state index contributed by atoms with van der Waals surface area (Å²) in [6.07, 6.45) is 0.607. The van der Waals surface area contributed by atoms with E-state index >= 15 is 0 Å². The van der Waals surface area contributed by atoms with Crippen LogP contribution in [0.4, 0.5) is 4.79 Å². The Morgan fingerprint density at radius 3 is 2.35 bits per heavy atom. The second kappa shape index (κ2) is 9.36. The number of hydrogen-bond acceptors (Lipinski definition) is 4. The van der Waals surface area contributed by atoms with Gasteiger partial charge in [-0.25, -0.2) is 4.79 Å². The van der Waals surface area contributed by atoms with Gasteiger partial charge in [-0.2, -0.15) is 0 Å². The number of urea groups is 1. The predicted octanol–water partition coefficient (Wildman–Crippen LogP) is 3.09. The Hall–Kier alpha value is -3.15. The van der Waals surface area contributed by atoms with Crippen LogP contribution in [0.3, 0.4) is 0 Å². The number of ether oxygens (including phenoxy) is 1. The molecule has 0 unspecified atom stereocenters. The molecule has 2 rings (SSSR count). The minimum Gasteiger partial charge on any atom is -0.468 e. The zero-order valence-corrected chi connectivity index (χ0v) is 14.9. The van der Waals surface area contributed by atoms with Gasteiger partial charge >= 0.3 is 12.0 Å². The number of carbonyl (C=O) groups is 3. The first-order chi connectivity index (χ1) is 12.6. The maximum absolute atomic E-state index is 12.8. The molecule has 0 spiro atoms. The van der Waals surface area contributed by atoms with E-state index in [-0.39, 0.29) is 13.1 Å². The van der Waals surface area contributed by atoms with Crippen molar-refractivity contribution in [2.75, 3.05) is 20.2 Å². The molecule has 0 atom stereocenters.